The summed E-state index contributed by atoms with van der Waals surface area (Å²) in [5.74, 6) is 0.0512. The van der Waals surface area contributed by atoms with Crippen LogP contribution in [0.4, 0.5) is 5.69 Å². The van der Waals surface area contributed by atoms with E-state index in [4.69, 9.17) is 22.1 Å². The number of hydrogen-bond acceptors (Lipinski definition) is 3. The topological polar surface area (TPSA) is 64.4 Å². The molecule has 1 fully saturated rings. The Bertz CT molecular complexity index is 402. The van der Waals surface area contributed by atoms with Gasteiger partial charge in [0.1, 0.15) is 0 Å². The molecule has 3 N–H and O–H groups in total. The molecule has 98 valence electrons. The van der Waals surface area contributed by atoms with Crippen LogP contribution in [0, 0.1) is 5.92 Å². The Labute approximate surface area is 111 Å². The van der Waals surface area contributed by atoms with E-state index in [1.807, 2.05) is 0 Å². The highest BCUT2D eigenvalue weighted by molar-refractivity contribution is 6.30. The Morgan fingerprint density at radius 1 is 1.33 bits per heavy atom. The molecule has 1 aromatic carbocycles. The van der Waals surface area contributed by atoms with E-state index in [2.05, 4.69) is 5.32 Å². The van der Waals surface area contributed by atoms with Crippen LogP contribution in [0.5, 0.6) is 0 Å². The molecule has 1 atom stereocenters. The number of carbonyl (C=O) groups is 1. The zero-order valence-electron chi connectivity index (χ0n) is 10.1. The van der Waals surface area contributed by atoms with Gasteiger partial charge in [-0.3, -0.25) is 4.79 Å². The molecule has 18 heavy (non-hydrogen) atoms. The molecule has 4 nitrogen and oxygen atoms in total. The van der Waals surface area contributed by atoms with E-state index < -0.39 is 6.04 Å². The fourth-order valence-electron chi connectivity index (χ4n) is 2.05. The van der Waals surface area contributed by atoms with Crippen LogP contribution in [0.1, 0.15) is 12.8 Å². The summed E-state index contributed by atoms with van der Waals surface area (Å²) in [4.78, 5) is 12.0. The molecule has 0 aromatic heterocycles. The van der Waals surface area contributed by atoms with Gasteiger partial charge in [-0.05, 0) is 43.0 Å². The molecule has 0 radical (unpaired) electrons. The maximum atomic E-state index is 12.0. The first-order chi connectivity index (χ1) is 8.66. The minimum atomic E-state index is -0.482. The van der Waals surface area contributed by atoms with Gasteiger partial charge in [-0.15, -0.1) is 0 Å². The van der Waals surface area contributed by atoms with Crippen molar-refractivity contribution in [3.05, 3.63) is 29.3 Å². The van der Waals surface area contributed by atoms with Gasteiger partial charge in [-0.2, -0.15) is 0 Å². The standard InChI is InChI=1S/C13H17ClN2O2/c14-10-1-3-11(4-2-10)16-13(17)12(15)9-5-7-18-8-6-9/h1-4,9,12H,5-8,15H2,(H,16,17). The average molecular weight is 269 g/mol. The largest absolute Gasteiger partial charge is 0.381 e. The number of nitrogens with one attached hydrogen (secondary N) is 1. The van der Waals surface area contributed by atoms with Crippen molar-refractivity contribution in [2.75, 3.05) is 18.5 Å². The first-order valence-corrected chi connectivity index (χ1v) is 6.44. The molecule has 1 aromatic rings. The molecule has 5 heteroatoms. The fourth-order valence-corrected chi connectivity index (χ4v) is 2.17. The van der Waals surface area contributed by atoms with E-state index in [1.165, 1.54) is 0 Å². The summed E-state index contributed by atoms with van der Waals surface area (Å²) in [5.41, 5.74) is 6.69. The Hall–Kier alpha value is -1.10. The van der Waals surface area contributed by atoms with Crippen LogP contribution in [-0.2, 0) is 9.53 Å². The lowest BCUT2D eigenvalue weighted by Crippen LogP contribution is -2.43. The van der Waals surface area contributed by atoms with Crippen molar-refractivity contribution in [3.8, 4) is 0 Å². The monoisotopic (exact) mass is 268 g/mol. The summed E-state index contributed by atoms with van der Waals surface area (Å²) < 4.78 is 5.26. The lowest BCUT2D eigenvalue weighted by molar-refractivity contribution is -0.119. The van der Waals surface area contributed by atoms with E-state index in [-0.39, 0.29) is 11.8 Å². The fraction of sp³-hybridized carbons (Fsp3) is 0.462. The van der Waals surface area contributed by atoms with Crippen molar-refractivity contribution < 1.29 is 9.53 Å². The minimum absolute atomic E-state index is 0.149. The molecule has 0 bridgehead atoms. The van der Waals surface area contributed by atoms with Crippen molar-refractivity contribution >= 4 is 23.2 Å². The average Bonchev–Trinajstić information content (AvgIpc) is 2.41. The van der Waals surface area contributed by atoms with E-state index >= 15 is 0 Å². The van der Waals surface area contributed by atoms with Crippen LogP contribution in [0.25, 0.3) is 0 Å². The third-order valence-electron chi connectivity index (χ3n) is 3.19. The van der Waals surface area contributed by atoms with E-state index in [1.54, 1.807) is 24.3 Å². The summed E-state index contributed by atoms with van der Waals surface area (Å²) in [5, 5.41) is 3.44. The molecular formula is C13H17ClN2O2. The van der Waals surface area contributed by atoms with Gasteiger partial charge in [0.2, 0.25) is 5.91 Å². The summed E-state index contributed by atoms with van der Waals surface area (Å²) in [7, 11) is 0. The van der Waals surface area contributed by atoms with Gasteiger partial charge in [-0.1, -0.05) is 11.6 Å². The molecule has 1 unspecified atom stereocenters. The molecule has 1 saturated heterocycles. The van der Waals surface area contributed by atoms with Crippen LogP contribution < -0.4 is 11.1 Å². The van der Waals surface area contributed by atoms with Crippen LogP contribution in [0.15, 0.2) is 24.3 Å². The summed E-state index contributed by atoms with van der Waals surface area (Å²) in [6.45, 7) is 1.37. The number of carbonyl (C=O) groups excluding carboxylic acids is 1. The van der Waals surface area contributed by atoms with E-state index in [0.717, 1.165) is 12.8 Å². The van der Waals surface area contributed by atoms with Crippen molar-refractivity contribution in [1.29, 1.82) is 0 Å². The second kappa shape index (κ2) is 6.18. The molecular weight excluding hydrogens is 252 g/mol. The predicted octanol–water partition coefficient (Wildman–Crippen LogP) is 2.03. The molecule has 1 amide bonds. The van der Waals surface area contributed by atoms with Gasteiger partial charge in [0.05, 0.1) is 6.04 Å². The maximum absolute atomic E-state index is 12.0. The van der Waals surface area contributed by atoms with E-state index in [0.29, 0.717) is 23.9 Å². The number of rotatable bonds is 3. The van der Waals surface area contributed by atoms with Gasteiger partial charge in [0, 0.05) is 23.9 Å². The number of ether oxygens (including phenoxy) is 1. The van der Waals surface area contributed by atoms with Gasteiger partial charge in [0.15, 0.2) is 0 Å². The van der Waals surface area contributed by atoms with Crippen molar-refractivity contribution in [1.82, 2.24) is 0 Å². The lowest BCUT2D eigenvalue weighted by atomic mass is 9.92. The predicted molar refractivity (Wildman–Crippen MR) is 71.6 cm³/mol. The summed E-state index contributed by atoms with van der Waals surface area (Å²) >= 11 is 5.78. The zero-order valence-corrected chi connectivity index (χ0v) is 10.8. The van der Waals surface area contributed by atoms with Gasteiger partial charge in [-0.25, -0.2) is 0 Å². The number of benzene rings is 1. The minimum Gasteiger partial charge on any atom is -0.381 e. The van der Waals surface area contributed by atoms with Gasteiger partial charge < -0.3 is 15.8 Å². The second-order valence-electron chi connectivity index (χ2n) is 4.47. The van der Waals surface area contributed by atoms with Crippen LogP contribution in [-0.4, -0.2) is 25.2 Å². The van der Waals surface area contributed by atoms with Gasteiger partial charge in [0.25, 0.3) is 0 Å². The van der Waals surface area contributed by atoms with Crippen molar-refractivity contribution in [2.24, 2.45) is 11.7 Å². The third-order valence-corrected chi connectivity index (χ3v) is 3.44. The summed E-state index contributed by atoms with van der Waals surface area (Å²) in [6.07, 6.45) is 1.68. The zero-order chi connectivity index (χ0) is 13.0. The number of halogens is 1. The smallest absolute Gasteiger partial charge is 0.241 e. The molecule has 0 saturated carbocycles. The Kier molecular flexibility index (Phi) is 4.58. The van der Waals surface area contributed by atoms with Crippen LogP contribution in [0.3, 0.4) is 0 Å². The highest BCUT2D eigenvalue weighted by atomic mass is 35.5. The Morgan fingerprint density at radius 2 is 1.94 bits per heavy atom. The highest BCUT2D eigenvalue weighted by Crippen LogP contribution is 2.19. The first kappa shape index (κ1) is 13.3. The Morgan fingerprint density at radius 3 is 2.56 bits per heavy atom. The van der Waals surface area contributed by atoms with Gasteiger partial charge >= 0.3 is 0 Å². The second-order valence-corrected chi connectivity index (χ2v) is 4.91. The molecule has 1 heterocycles. The molecule has 1 aliphatic heterocycles. The number of amides is 1. The lowest BCUT2D eigenvalue weighted by Gasteiger charge is -2.26. The first-order valence-electron chi connectivity index (χ1n) is 6.06. The SMILES string of the molecule is NC(C(=O)Nc1ccc(Cl)cc1)C1CCOCC1. The molecule has 1 aliphatic rings. The van der Waals surface area contributed by atoms with Crippen LogP contribution in [0.2, 0.25) is 5.02 Å². The van der Waals surface area contributed by atoms with Crippen LogP contribution >= 0.6 is 11.6 Å². The van der Waals surface area contributed by atoms with Crippen molar-refractivity contribution in [2.45, 2.75) is 18.9 Å². The number of anilines is 1. The maximum Gasteiger partial charge on any atom is 0.241 e. The Balaban J connectivity index is 1.92. The third kappa shape index (κ3) is 3.45. The normalized spacial score (nSPS) is 18.3. The highest BCUT2D eigenvalue weighted by Gasteiger charge is 2.26. The molecule has 0 aliphatic carbocycles. The van der Waals surface area contributed by atoms with E-state index in [9.17, 15) is 4.79 Å². The summed E-state index contributed by atoms with van der Waals surface area (Å²) in [6, 6.07) is 6.51. The van der Waals surface area contributed by atoms with Crippen molar-refractivity contribution in [3.63, 3.8) is 0 Å². The number of nitrogens with two attached hydrogens (primary N) is 1. The molecule has 2 rings (SSSR count). The molecule has 0 spiro atoms. The quantitative estimate of drug-likeness (QED) is 0.882. The number of hydrogen-bond donors (Lipinski definition) is 2.